The van der Waals surface area contributed by atoms with Crippen LogP contribution in [-0.4, -0.2) is 40.6 Å². The SMILES string of the molecule is COc1cc(C)c(C=CC2CCN(C(=O)Cn3ccnc3)CC2)c(C)c1. The molecule has 5 nitrogen and oxygen atoms in total. The minimum atomic E-state index is 0.173. The highest BCUT2D eigenvalue weighted by atomic mass is 16.5. The van der Waals surface area contributed by atoms with Crippen molar-refractivity contribution in [2.75, 3.05) is 20.2 Å². The lowest BCUT2D eigenvalue weighted by molar-refractivity contribution is -0.133. The van der Waals surface area contributed by atoms with Gasteiger partial charge >= 0.3 is 0 Å². The van der Waals surface area contributed by atoms with Crippen LogP contribution in [0.3, 0.4) is 0 Å². The Balaban J connectivity index is 1.55. The third-order valence-corrected chi connectivity index (χ3v) is 5.11. The molecule has 0 N–H and O–H groups in total. The summed E-state index contributed by atoms with van der Waals surface area (Å²) in [7, 11) is 1.70. The van der Waals surface area contributed by atoms with Crippen LogP contribution in [0.15, 0.2) is 36.9 Å². The van der Waals surface area contributed by atoms with Gasteiger partial charge in [0.2, 0.25) is 5.91 Å². The topological polar surface area (TPSA) is 47.4 Å². The molecule has 0 spiro atoms. The van der Waals surface area contributed by atoms with E-state index < -0.39 is 0 Å². The summed E-state index contributed by atoms with van der Waals surface area (Å²) in [4.78, 5) is 18.3. The Labute approximate surface area is 155 Å². The van der Waals surface area contributed by atoms with E-state index in [0.717, 1.165) is 31.7 Å². The van der Waals surface area contributed by atoms with Crippen molar-refractivity contribution in [1.82, 2.24) is 14.5 Å². The summed E-state index contributed by atoms with van der Waals surface area (Å²) in [6.07, 6.45) is 11.8. The monoisotopic (exact) mass is 353 g/mol. The summed E-state index contributed by atoms with van der Waals surface area (Å²) in [5.74, 6) is 1.60. The van der Waals surface area contributed by atoms with Gasteiger partial charge in [-0.15, -0.1) is 0 Å². The first kappa shape index (κ1) is 18.2. The van der Waals surface area contributed by atoms with Gasteiger partial charge < -0.3 is 14.2 Å². The molecule has 1 aliphatic rings. The summed E-state index contributed by atoms with van der Waals surface area (Å²) in [5.41, 5.74) is 3.72. The van der Waals surface area contributed by atoms with Gasteiger partial charge in [-0.3, -0.25) is 4.79 Å². The zero-order chi connectivity index (χ0) is 18.5. The number of likely N-dealkylation sites (tertiary alicyclic amines) is 1. The molecular weight excluding hydrogens is 326 g/mol. The first-order valence-corrected chi connectivity index (χ1v) is 9.14. The average Bonchev–Trinajstić information content (AvgIpc) is 3.14. The number of allylic oxidation sites excluding steroid dienone is 1. The molecule has 2 aromatic rings. The fourth-order valence-electron chi connectivity index (χ4n) is 3.53. The predicted molar refractivity (Wildman–Crippen MR) is 103 cm³/mol. The molecule has 1 aromatic carbocycles. The Morgan fingerprint density at radius 2 is 1.96 bits per heavy atom. The maximum absolute atomic E-state index is 12.3. The van der Waals surface area contributed by atoms with E-state index in [9.17, 15) is 4.79 Å². The Morgan fingerprint density at radius 3 is 2.54 bits per heavy atom. The van der Waals surface area contributed by atoms with Crippen molar-refractivity contribution >= 4 is 12.0 Å². The van der Waals surface area contributed by atoms with Gasteiger partial charge in [-0.25, -0.2) is 4.98 Å². The lowest BCUT2D eigenvalue weighted by Crippen LogP contribution is -2.39. The highest BCUT2D eigenvalue weighted by Crippen LogP contribution is 2.25. The number of aromatic nitrogens is 2. The van der Waals surface area contributed by atoms with Gasteiger partial charge in [0.25, 0.3) is 0 Å². The molecule has 5 heteroatoms. The van der Waals surface area contributed by atoms with E-state index in [1.165, 1.54) is 16.7 Å². The van der Waals surface area contributed by atoms with Crippen LogP contribution in [0.1, 0.15) is 29.5 Å². The molecule has 0 bridgehead atoms. The van der Waals surface area contributed by atoms with Crippen molar-refractivity contribution in [2.24, 2.45) is 5.92 Å². The lowest BCUT2D eigenvalue weighted by Gasteiger charge is -2.31. The summed E-state index contributed by atoms with van der Waals surface area (Å²) >= 11 is 0. The fraction of sp³-hybridized carbons (Fsp3) is 0.429. The Kier molecular flexibility index (Phi) is 5.76. The van der Waals surface area contributed by atoms with E-state index in [0.29, 0.717) is 12.5 Å². The zero-order valence-corrected chi connectivity index (χ0v) is 15.8. The van der Waals surface area contributed by atoms with Crippen LogP contribution in [0.4, 0.5) is 0 Å². The number of amides is 1. The number of carbonyl (C=O) groups is 1. The van der Waals surface area contributed by atoms with Crippen molar-refractivity contribution in [3.8, 4) is 5.75 Å². The van der Waals surface area contributed by atoms with Crippen LogP contribution < -0.4 is 4.74 Å². The van der Waals surface area contributed by atoms with E-state index in [1.807, 2.05) is 15.7 Å². The second-order valence-corrected chi connectivity index (χ2v) is 6.99. The maximum Gasteiger partial charge on any atom is 0.242 e. The van der Waals surface area contributed by atoms with Gasteiger partial charge in [0.05, 0.1) is 13.4 Å². The van der Waals surface area contributed by atoms with Crippen molar-refractivity contribution in [3.05, 3.63) is 53.6 Å². The highest BCUT2D eigenvalue weighted by molar-refractivity contribution is 5.76. The average molecular weight is 353 g/mol. The normalized spacial score (nSPS) is 15.6. The molecule has 3 rings (SSSR count). The number of nitrogens with zero attached hydrogens (tertiary/aromatic N) is 3. The minimum Gasteiger partial charge on any atom is -0.497 e. The zero-order valence-electron chi connectivity index (χ0n) is 15.8. The van der Waals surface area contributed by atoms with Crippen molar-refractivity contribution in [3.63, 3.8) is 0 Å². The number of imidazole rings is 1. The van der Waals surface area contributed by atoms with E-state index in [4.69, 9.17) is 4.74 Å². The van der Waals surface area contributed by atoms with E-state index >= 15 is 0 Å². The summed E-state index contributed by atoms with van der Waals surface area (Å²) in [6, 6.07) is 4.15. The van der Waals surface area contributed by atoms with Crippen LogP contribution in [0.2, 0.25) is 0 Å². The molecule has 0 saturated carbocycles. The number of rotatable bonds is 5. The molecule has 1 fully saturated rings. The molecular formula is C21H27N3O2. The number of ether oxygens (including phenoxy) is 1. The molecule has 1 aromatic heterocycles. The molecule has 0 aliphatic carbocycles. The Morgan fingerprint density at radius 1 is 1.27 bits per heavy atom. The number of piperidine rings is 1. The molecule has 1 amide bonds. The first-order valence-electron chi connectivity index (χ1n) is 9.14. The first-order chi connectivity index (χ1) is 12.6. The predicted octanol–water partition coefficient (Wildman–Crippen LogP) is 3.46. The molecule has 0 radical (unpaired) electrons. The second-order valence-electron chi connectivity index (χ2n) is 6.99. The fourth-order valence-corrected chi connectivity index (χ4v) is 3.53. The summed E-state index contributed by atoms with van der Waals surface area (Å²) in [5, 5.41) is 0. The second kappa shape index (κ2) is 8.21. The molecule has 0 unspecified atom stereocenters. The molecule has 26 heavy (non-hydrogen) atoms. The van der Waals surface area contributed by atoms with Crippen molar-refractivity contribution in [2.45, 2.75) is 33.2 Å². The molecule has 1 saturated heterocycles. The molecule has 0 atom stereocenters. The van der Waals surface area contributed by atoms with Crippen LogP contribution in [-0.2, 0) is 11.3 Å². The van der Waals surface area contributed by atoms with Gasteiger partial charge in [0.1, 0.15) is 12.3 Å². The van der Waals surface area contributed by atoms with Gasteiger partial charge in [-0.2, -0.15) is 0 Å². The van der Waals surface area contributed by atoms with Crippen LogP contribution in [0.5, 0.6) is 5.75 Å². The van der Waals surface area contributed by atoms with E-state index in [-0.39, 0.29) is 5.91 Å². The van der Waals surface area contributed by atoms with E-state index in [1.54, 1.807) is 19.6 Å². The van der Waals surface area contributed by atoms with Crippen LogP contribution in [0.25, 0.3) is 6.08 Å². The van der Waals surface area contributed by atoms with Crippen molar-refractivity contribution in [1.29, 1.82) is 0 Å². The number of methoxy groups -OCH3 is 1. The summed E-state index contributed by atoms with van der Waals surface area (Å²) < 4.78 is 7.15. The van der Waals surface area contributed by atoms with Gasteiger partial charge in [-0.05, 0) is 61.4 Å². The maximum atomic E-state index is 12.3. The van der Waals surface area contributed by atoms with Gasteiger partial charge in [0.15, 0.2) is 0 Å². The smallest absolute Gasteiger partial charge is 0.242 e. The quantitative estimate of drug-likeness (QED) is 0.827. The largest absolute Gasteiger partial charge is 0.497 e. The molecule has 138 valence electrons. The third-order valence-electron chi connectivity index (χ3n) is 5.11. The number of aryl methyl sites for hydroxylation is 2. The minimum absolute atomic E-state index is 0.173. The third kappa shape index (κ3) is 4.34. The van der Waals surface area contributed by atoms with Crippen LogP contribution in [0, 0.1) is 19.8 Å². The highest BCUT2D eigenvalue weighted by Gasteiger charge is 2.21. The standard InChI is InChI=1S/C21H27N3O2/c1-16-12-19(26-3)13-17(2)20(16)5-4-18-6-9-24(10-7-18)21(25)14-23-11-8-22-15-23/h4-5,8,11-13,15,18H,6-7,9-10,14H2,1-3H3. The van der Waals surface area contributed by atoms with E-state index in [2.05, 4.69) is 43.1 Å². The number of hydrogen-bond acceptors (Lipinski definition) is 3. The molecule has 2 heterocycles. The Hall–Kier alpha value is -2.56. The Bertz CT molecular complexity index is 750. The molecule has 1 aliphatic heterocycles. The van der Waals surface area contributed by atoms with Gasteiger partial charge in [0, 0.05) is 25.5 Å². The van der Waals surface area contributed by atoms with Crippen molar-refractivity contribution < 1.29 is 9.53 Å². The van der Waals surface area contributed by atoms with Crippen LogP contribution >= 0.6 is 0 Å². The van der Waals surface area contributed by atoms with Gasteiger partial charge in [-0.1, -0.05) is 12.2 Å². The number of hydrogen-bond donors (Lipinski definition) is 0. The lowest BCUT2D eigenvalue weighted by atomic mass is 9.94. The number of benzene rings is 1. The summed E-state index contributed by atoms with van der Waals surface area (Å²) in [6.45, 7) is 6.26. The number of carbonyl (C=O) groups excluding carboxylic acids is 1.